The molecule has 2 rings (SSSR count). The third kappa shape index (κ3) is 3.17. The van der Waals surface area contributed by atoms with Gasteiger partial charge >= 0.3 is 12.0 Å². The molecule has 0 aromatic carbocycles. The van der Waals surface area contributed by atoms with E-state index in [4.69, 9.17) is 0 Å². The first-order valence-corrected chi connectivity index (χ1v) is 7.05. The summed E-state index contributed by atoms with van der Waals surface area (Å²) in [6, 6.07) is -0.226. The van der Waals surface area contributed by atoms with Crippen LogP contribution in [0.15, 0.2) is 12.2 Å². The number of urea groups is 1. The Labute approximate surface area is 123 Å². The summed E-state index contributed by atoms with van der Waals surface area (Å²) >= 11 is 0. The number of nitrogens with zero attached hydrogens (tertiary/aromatic N) is 1. The SMILES string of the molecule is CN(C)C(=O)NCCNC(=O)[C@H]1C2C=CC(C2)[C@H]1C(=O)O. The van der Waals surface area contributed by atoms with Gasteiger partial charge in [0.1, 0.15) is 0 Å². The maximum Gasteiger partial charge on any atom is 0.316 e. The number of hydrogen-bond acceptors (Lipinski definition) is 3. The van der Waals surface area contributed by atoms with Crippen LogP contribution in [0.2, 0.25) is 0 Å². The number of carboxylic acids is 1. The molecule has 0 aromatic rings. The average Bonchev–Trinajstić information content (AvgIpc) is 3.03. The minimum Gasteiger partial charge on any atom is -0.481 e. The molecule has 7 heteroatoms. The Morgan fingerprint density at radius 1 is 1.10 bits per heavy atom. The summed E-state index contributed by atoms with van der Waals surface area (Å²) in [7, 11) is 3.26. The van der Waals surface area contributed by atoms with Crippen LogP contribution >= 0.6 is 0 Å². The van der Waals surface area contributed by atoms with Crippen LogP contribution in [0, 0.1) is 23.7 Å². The van der Waals surface area contributed by atoms with E-state index >= 15 is 0 Å². The number of carboxylic acid groups (broad SMARTS) is 1. The standard InChI is InChI=1S/C14H21N3O4/c1-17(2)14(21)16-6-5-15-12(18)10-8-3-4-9(7-8)11(10)13(19)20/h3-4,8-11H,5-7H2,1-2H3,(H,15,18)(H,16,21)(H,19,20)/t8?,9?,10-,11+/m0/s1. The second kappa shape index (κ2) is 6.15. The van der Waals surface area contributed by atoms with Crippen molar-refractivity contribution >= 4 is 17.9 Å². The predicted molar refractivity (Wildman–Crippen MR) is 75.4 cm³/mol. The van der Waals surface area contributed by atoms with Gasteiger partial charge in [0.2, 0.25) is 5.91 Å². The van der Waals surface area contributed by atoms with Gasteiger partial charge in [-0.25, -0.2) is 4.79 Å². The van der Waals surface area contributed by atoms with Crippen molar-refractivity contribution in [3.8, 4) is 0 Å². The van der Waals surface area contributed by atoms with Crippen LogP contribution in [-0.2, 0) is 9.59 Å². The minimum absolute atomic E-state index is 0.0208. The summed E-state index contributed by atoms with van der Waals surface area (Å²) in [5.41, 5.74) is 0. The lowest BCUT2D eigenvalue weighted by atomic mass is 9.82. The van der Waals surface area contributed by atoms with Crippen LogP contribution < -0.4 is 10.6 Å². The van der Waals surface area contributed by atoms with E-state index in [1.165, 1.54) is 4.90 Å². The molecule has 2 aliphatic carbocycles. The van der Waals surface area contributed by atoms with Crippen LogP contribution in [0.1, 0.15) is 6.42 Å². The first-order valence-electron chi connectivity index (χ1n) is 7.05. The van der Waals surface area contributed by atoms with Crippen LogP contribution in [-0.4, -0.2) is 55.1 Å². The van der Waals surface area contributed by atoms with Gasteiger partial charge in [0.25, 0.3) is 0 Å². The zero-order chi connectivity index (χ0) is 15.6. The molecule has 2 unspecified atom stereocenters. The fourth-order valence-electron chi connectivity index (χ4n) is 3.15. The summed E-state index contributed by atoms with van der Waals surface area (Å²) in [5.74, 6) is -2.28. The highest BCUT2D eigenvalue weighted by atomic mass is 16.4. The van der Waals surface area contributed by atoms with Crippen LogP contribution in [0.4, 0.5) is 4.79 Å². The van der Waals surface area contributed by atoms with Gasteiger partial charge in [-0.1, -0.05) is 12.2 Å². The molecule has 3 N–H and O–H groups in total. The summed E-state index contributed by atoms with van der Waals surface area (Å²) < 4.78 is 0. The smallest absolute Gasteiger partial charge is 0.316 e. The van der Waals surface area contributed by atoms with Crippen molar-refractivity contribution in [3.63, 3.8) is 0 Å². The molecule has 0 aliphatic heterocycles. The molecule has 116 valence electrons. The topological polar surface area (TPSA) is 98.7 Å². The fraction of sp³-hybridized carbons (Fsp3) is 0.643. The molecule has 1 fully saturated rings. The van der Waals surface area contributed by atoms with Gasteiger partial charge < -0.3 is 20.6 Å². The fourth-order valence-corrected chi connectivity index (χ4v) is 3.15. The molecule has 2 aliphatic rings. The van der Waals surface area contributed by atoms with Crippen LogP contribution in [0.3, 0.4) is 0 Å². The summed E-state index contributed by atoms with van der Waals surface area (Å²) in [6.07, 6.45) is 4.60. The maximum atomic E-state index is 12.2. The summed E-state index contributed by atoms with van der Waals surface area (Å²) in [5, 5.41) is 14.6. The Kier molecular flexibility index (Phi) is 4.50. The maximum absolute atomic E-state index is 12.2. The molecule has 0 saturated heterocycles. The van der Waals surface area contributed by atoms with Gasteiger partial charge in [0, 0.05) is 27.2 Å². The van der Waals surface area contributed by atoms with Gasteiger partial charge in [0.05, 0.1) is 11.8 Å². The van der Waals surface area contributed by atoms with Crippen molar-refractivity contribution in [2.24, 2.45) is 23.7 Å². The van der Waals surface area contributed by atoms with Gasteiger partial charge in [-0.3, -0.25) is 9.59 Å². The lowest BCUT2D eigenvalue weighted by Gasteiger charge is -2.24. The molecule has 0 aromatic heterocycles. The summed E-state index contributed by atoms with van der Waals surface area (Å²) in [4.78, 5) is 36.2. The number of carbonyl (C=O) groups is 3. The quantitative estimate of drug-likeness (QED) is 0.487. The largest absolute Gasteiger partial charge is 0.481 e. The summed E-state index contributed by atoms with van der Waals surface area (Å²) in [6.45, 7) is 0.611. The zero-order valence-corrected chi connectivity index (χ0v) is 12.2. The molecule has 3 amide bonds. The third-order valence-electron chi connectivity index (χ3n) is 4.15. The van der Waals surface area contributed by atoms with Crippen molar-refractivity contribution < 1.29 is 19.5 Å². The van der Waals surface area contributed by atoms with Crippen LogP contribution in [0.5, 0.6) is 0 Å². The molecule has 1 saturated carbocycles. The lowest BCUT2D eigenvalue weighted by Crippen LogP contribution is -2.44. The van der Waals surface area contributed by atoms with E-state index < -0.39 is 17.8 Å². The number of rotatable bonds is 5. The number of hydrogen-bond donors (Lipinski definition) is 3. The molecule has 7 nitrogen and oxygen atoms in total. The first kappa shape index (κ1) is 15.3. The Hall–Kier alpha value is -2.05. The molecule has 0 heterocycles. The molecule has 21 heavy (non-hydrogen) atoms. The highest BCUT2D eigenvalue weighted by Gasteiger charge is 2.51. The number of allylic oxidation sites excluding steroid dienone is 2. The van der Waals surface area contributed by atoms with Crippen LogP contribution in [0.25, 0.3) is 0 Å². The average molecular weight is 295 g/mol. The van der Waals surface area contributed by atoms with E-state index in [2.05, 4.69) is 10.6 Å². The van der Waals surface area contributed by atoms with E-state index in [0.717, 1.165) is 6.42 Å². The van der Waals surface area contributed by atoms with Gasteiger partial charge in [-0.05, 0) is 18.3 Å². The number of amides is 3. The van der Waals surface area contributed by atoms with E-state index in [9.17, 15) is 19.5 Å². The van der Waals surface area contributed by atoms with Crippen molar-refractivity contribution in [1.82, 2.24) is 15.5 Å². The Morgan fingerprint density at radius 2 is 1.67 bits per heavy atom. The van der Waals surface area contributed by atoms with Crippen molar-refractivity contribution in [1.29, 1.82) is 0 Å². The third-order valence-corrected chi connectivity index (χ3v) is 4.15. The molecule has 0 radical (unpaired) electrons. The number of carbonyl (C=O) groups excluding carboxylic acids is 2. The van der Waals surface area contributed by atoms with Gasteiger partial charge in [-0.15, -0.1) is 0 Å². The van der Waals surface area contributed by atoms with Crippen molar-refractivity contribution in [3.05, 3.63) is 12.2 Å². The molecular formula is C14H21N3O4. The van der Waals surface area contributed by atoms with E-state index in [-0.39, 0.29) is 23.8 Å². The normalized spacial score (nSPS) is 29.2. The highest BCUT2D eigenvalue weighted by Crippen LogP contribution is 2.48. The van der Waals surface area contributed by atoms with E-state index in [1.807, 2.05) is 12.2 Å². The molecule has 0 spiro atoms. The van der Waals surface area contributed by atoms with Crippen molar-refractivity contribution in [2.75, 3.05) is 27.2 Å². The minimum atomic E-state index is -0.909. The second-order valence-corrected chi connectivity index (χ2v) is 5.76. The molecular weight excluding hydrogens is 274 g/mol. The number of fused-ring (bicyclic) bond motifs is 2. The second-order valence-electron chi connectivity index (χ2n) is 5.76. The predicted octanol–water partition coefficient (Wildman–Crippen LogP) is -0.103. The van der Waals surface area contributed by atoms with Crippen molar-refractivity contribution in [2.45, 2.75) is 6.42 Å². The monoisotopic (exact) mass is 295 g/mol. The molecule has 2 bridgehead atoms. The zero-order valence-electron chi connectivity index (χ0n) is 12.2. The number of aliphatic carboxylic acids is 1. The lowest BCUT2D eigenvalue weighted by molar-refractivity contribution is -0.147. The first-order chi connectivity index (χ1) is 9.91. The Bertz CT molecular complexity index is 475. The van der Waals surface area contributed by atoms with E-state index in [1.54, 1.807) is 14.1 Å². The molecule has 4 atom stereocenters. The highest BCUT2D eigenvalue weighted by molar-refractivity contribution is 5.86. The van der Waals surface area contributed by atoms with Gasteiger partial charge in [0.15, 0.2) is 0 Å². The van der Waals surface area contributed by atoms with E-state index in [0.29, 0.717) is 13.1 Å². The Balaban J connectivity index is 1.82. The number of nitrogens with one attached hydrogen (secondary N) is 2. The Morgan fingerprint density at radius 3 is 2.24 bits per heavy atom. The van der Waals surface area contributed by atoms with Gasteiger partial charge in [-0.2, -0.15) is 0 Å².